The van der Waals surface area contributed by atoms with Crippen molar-refractivity contribution < 1.29 is 4.79 Å². The second kappa shape index (κ2) is 6.15. The van der Waals surface area contributed by atoms with Crippen LogP contribution in [0, 0.1) is 0 Å². The predicted octanol–water partition coefficient (Wildman–Crippen LogP) is 2.80. The van der Waals surface area contributed by atoms with Crippen molar-refractivity contribution in [3.8, 4) is 0 Å². The van der Waals surface area contributed by atoms with E-state index in [-0.39, 0.29) is 5.91 Å². The van der Waals surface area contributed by atoms with Crippen molar-refractivity contribution in [1.82, 2.24) is 5.43 Å². The van der Waals surface area contributed by atoms with Gasteiger partial charge in [-0.3, -0.25) is 4.79 Å². The lowest BCUT2D eigenvalue weighted by molar-refractivity contribution is 0.0955. The van der Waals surface area contributed by atoms with Gasteiger partial charge in [-0.25, -0.2) is 5.43 Å². The number of nitrogen functional groups attached to an aromatic ring is 1. The Morgan fingerprint density at radius 1 is 1.21 bits per heavy atom. The van der Waals surface area contributed by atoms with Gasteiger partial charge in [-0.05, 0) is 35.9 Å². The monoisotopic (exact) mass is 317 g/mol. The average Bonchev–Trinajstić information content (AvgIpc) is 2.41. The van der Waals surface area contributed by atoms with Gasteiger partial charge in [-0.1, -0.05) is 34.1 Å². The number of anilines is 1. The van der Waals surface area contributed by atoms with Crippen LogP contribution in [0.1, 0.15) is 15.9 Å². The number of nitrogens with one attached hydrogen (secondary N) is 1. The van der Waals surface area contributed by atoms with Gasteiger partial charge < -0.3 is 5.73 Å². The molecule has 0 aliphatic heterocycles. The van der Waals surface area contributed by atoms with E-state index in [0.29, 0.717) is 11.3 Å². The van der Waals surface area contributed by atoms with E-state index in [9.17, 15) is 4.79 Å². The summed E-state index contributed by atoms with van der Waals surface area (Å²) in [5, 5.41) is 3.90. The highest BCUT2D eigenvalue weighted by Crippen LogP contribution is 2.09. The number of hydrogen-bond acceptors (Lipinski definition) is 3. The number of hydrazone groups is 1. The molecule has 0 saturated heterocycles. The molecule has 3 N–H and O–H groups in total. The van der Waals surface area contributed by atoms with Crippen LogP contribution in [0.15, 0.2) is 58.1 Å². The average molecular weight is 318 g/mol. The van der Waals surface area contributed by atoms with E-state index < -0.39 is 0 Å². The zero-order chi connectivity index (χ0) is 13.7. The molecule has 2 rings (SSSR count). The molecule has 0 aliphatic carbocycles. The Morgan fingerprint density at radius 3 is 2.63 bits per heavy atom. The van der Waals surface area contributed by atoms with Crippen molar-refractivity contribution >= 4 is 33.7 Å². The summed E-state index contributed by atoms with van der Waals surface area (Å²) >= 11 is 3.35. The molecule has 0 aliphatic rings. The molecule has 19 heavy (non-hydrogen) atoms. The molecule has 5 heteroatoms. The highest BCUT2D eigenvalue weighted by atomic mass is 79.9. The molecule has 0 unspecified atom stereocenters. The topological polar surface area (TPSA) is 67.5 Å². The highest BCUT2D eigenvalue weighted by molar-refractivity contribution is 9.10. The fourth-order valence-electron chi connectivity index (χ4n) is 1.46. The van der Waals surface area contributed by atoms with Crippen LogP contribution in [-0.2, 0) is 0 Å². The Bertz CT molecular complexity index is 608. The van der Waals surface area contributed by atoms with Gasteiger partial charge in [-0.15, -0.1) is 0 Å². The lowest BCUT2D eigenvalue weighted by Gasteiger charge is -2.00. The molecule has 0 atom stereocenters. The van der Waals surface area contributed by atoms with Crippen molar-refractivity contribution in [1.29, 1.82) is 0 Å². The van der Waals surface area contributed by atoms with Crippen molar-refractivity contribution in [3.63, 3.8) is 0 Å². The van der Waals surface area contributed by atoms with E-state index in [4.69, 9.17) is 5.73 Å². The number of carbonyl (C=O) groups excluding carboxylic acids is 1. The van der Waals surface area contributed by atoms with E-state index in [0.717, 1.165) is 10.0 Å². The lowest BCUT2D eigenvalue weighted by Crippen LogP contribution is -2.17. The van der Waals surface area contributed by atoms with Gasteiger partial charge in [0.1, 0.15) is 0 Å². The molecule has 2 aromatic carbocycles. The van der Waals surface area contributed by atoms with Crippen molar-refractivity contribution in [2.45, 2.75) is 0 Å². The van der Waals surface area contributed by atoms with Gasteiger partial charge in [-0.2, -0.15) is 5.10 Å². The minimum atomic E-state index is -0.291. The van der Waals surface area contributed by atoms with Crippen molar-refractivity contribution in [2.24, 2.45) is 5.10 Å². The third-order valence-electron chi connectivity index (χ3n) is 2.40. The maximum absolute atomic E-state index is 11.8. The van der Waals surface area contributed by atoms with E-state index >= 15 is 0 Å². The highest BCUT2D eigenvalue weighted by Gasteiger charge is 2.03. The summed E-state index contributed by atoms with van der Waals surface area (Å²) in [6, 6.07) is 14.3. The zero-order valence-corrected chi connectivity index (χ0v) is 11.6. The fraction of sp³-hybridized carbons (Fsp3) is 0. The summed E-state index contributed by atoms with van der Waals surface area (Å²) in [5.41, 5.74) is 9.98. The molecule has 0 saturated carbocycles. The largest absolute Gasteiger partial charge is 0.399 e. The Labute approximate surface area is 119 Å². The Kier molecular flexibility index (Phi) is 4.30. The molecule has 2 aromatic rings. The van der Waals surface area contributed by atoms with E-state index in [1.165, 1.54) is 0 Å². The Balaban J connectivity index is 1.98. The summed E-state index contributed by atoms with van der Waals surface area (Å²) in [4.78, 5) is 11.8. The van der Waals surface area contributed by atoms with Crippen LogP contribution in [0.4, 0.5) is 5.69 Å². The zero-order valence-electron chi connectivity index (χ0n) is 10.0. The van der Waals surface area contributed by atoms with Gasteiger partial charge >= 0.3 is 0 Å². The number of nitrogens with zero attached hydrogens (tertiary/aromatic N) is 1. The summed E-state index contributed by atoms with van der Waals surface area (Å²) in [6.45, 7) is 0. The second-order valence-electron chi connectivity index (χ2n) is 3.88. The molecule has 96 valence electrons. The number of rotatable bonds is 3. The minimum absolute atomic E-state index is 0.291. The quantitative estimate of drug-likeness (QED) is 0.519. The molecule has 0 fully saturated rings. The summed E-state index contributed by atoms with van der Waals surface area (Å²) in [6.07, 6.45) is 1.58. The number of halogens is 1. The molecule has 0 radical (unpaired) electrons. The molecular formula is C14H12BrN3O. The smallest absolute Gasteiger partial charge is 0.271 e. The Hall–Kier alpha value is -2.14. The van der Waals surface area contributed by atoms with Crippen LogP contribution < -0.4 is 11.2 Å². The molecular weight excluding hydrogens is 306 g/mol. The SMILES string of the molecule is Nc1cccc(C(=O)NN=Cc2ccc(Br)cc2)c1. The molecule has 0 bridgehead atoms. The van der Waals surface area contributed by atoms with Gasteiger partial charge in [0.2, 0.25) is 0 Å². The summed E-state index contributed by atoms with van der Waals surface area (Å²) in [7, 11) is 0. The molecule has 4 nitrogen and oxygen atoms in total. The van der Waals surface area contributed by atoms with Crippen LogP contribution in [-0.4, -0.2) is 12.1 Å². The van der Waals surface area contributed by atoms with Crippen LogP contribution >= 0.6 is 15.9 Å². The Morgan fingerprint density at radius 2 is 1.95 bits per heavy atom. The van der Waals surface area contributed by atoms with Crippen LogP contribution in [0.5, 0.6) is 0 Å². The van der Waals surface area contributed by atoms with Gasteiger partial charge in [0.15, 0.2) is 0 Å². The van der Waals surface area contributed by atoms with E-state index in [2.05, 4.69) is 26.5 Å². The predicted molar refractivity (Wildman–Crippen MR) is 80.1 cm³/mol. The maximum atomic E-state index is 11.8. The lowest BCUT2D eigenvalue weighted by atomic mass is 10.2. The summed E-state index contributed by atoms with van der Waals surface area (Å²) < 4.78 is 0.994. The number of nitrogens with two attached hydrogens (primary N) is 1. The normalized spacial score (nSPS) is 10.6. The number of amides is 1. The minimum Gasteiger partial charge on any atom is -0.399 e. The second-order valence-corrected chi connectivity index (χ2v) is 4.79. The molecule has 0 spiro atoms. The first-order valence-electron chi connectivity index (χ1n) is 5.59. The fourth-order valence-corrected chi connectivity index (χ4v) is 1.72. The number of carbonyl (C=O) groups is 1. The first-order valence-corrected chi connectivity index (χ1v) is 6.39. The van der Waals surface area contributed by atoms with Crippen LogP contribution in [0.25, 0.3) is 0 Å². The maximum Gasteiger partial charge on any atom is 0.271 e. The van der Waals surface area contributed by atoms with Crippen molar-refractivity contribution in [2.75, 3.05) is 5.73 Å². The van der Waals surface area contributed by atoms with Gasteiger partial charge in [0.25, 0.3) is 5.91 Å². The standard InChI is InChI=1S/C14H12BrN3O/c15-12-6-4-10(5-7-12)9-17-18-14(19)11-2-1-3-13(16)8-11/h1-9H,16H2,(H,18,19). The first kappa shape index (κ1) is 13.3. The number of benzene rings is 2. The molecule has 0 aromatic heterocycles. The third-order valence-corrected chi connectivity index (χ3v) is 2.93. The van der Waals surface area contributed by atoms with Crippen LogP contribution in [0.2, 0.25) is 0 Å². The van der Waals surface area contributed by atoms with Crippen LogP contribution in [0.3, 0.4) is 0 Å². The molecule has 1 amide bonds. The summed E-state index contributed by atoms with van der Waals surface area (Å²) in [5.74, 6) is -0.291. The first-order chi connectivity index (χ1) is 9.15. The third kappa shape index (κ3) is 3.93. The van der Waals surface area contributed by atoms with Gasteiger partial charge in [0.05, 0.1) is 6.21 Å². The number of hydrogen-bond donors (Lipinski definition) is 2. The van der Waals surface area contributed by atoms with E-state index in [1.807, 2.05) is 24.3 Å². The van der Waals surface area contributed by atoms with Gasteiger partial charge in [0, 0.05) is 15.7 Å². The molecule has 0 heterocycles. The van der Waals surface area contributed by atoms with E-state index in [1.54, 1.807) is 30.5 Å². The van der Waals surface area contributed by atoms with Crippen molar-refractivity contribution in [3.05, 3.63) is 64.1 Å².